The number of hydrogen-bond donors (Lipinski definition) is 0. The third-order valence-corrected chi connectivity index (χ3v) is 21.1. The normalized spacial score (nSPS) is 63.0. The fourth-order valence-corrected chi connectivity index (χ4v) is 20.9. The zero-order valence-electron chi connectivity index (χ0n) is 30.5. The zero-order chi connectivity index (χ0) is 30.8. The molecule has 0 aromatic carbocycles. The van der Waals surface area contributed by atoms with Gasteiger partial charge >= 0.3 is 0 Å². The van der Waals surface area contributed by atoms with Crippen LogP contribution in [0.2, 0.25) is 0 Å². The highest BCUT2D eigenvalue weighted by Crippen LogP contribution is 2.77. The molecule has 13 aliphatic rings. The largest absolute Gasteiger partial charge is 0.0630 e. The van der Waals surface area contributed by atoms with Gasteiger partial charge in [-0.1, -0.05) is 125 Å². The molecule has 48 heavy (non-hydrogen) atoms. The Bertz CT molecular complexity index is 1190. The summed E-state index contributed by atoms with van der Waals surface area (Å²) in [4.78, 5) is 0. The third kappa shape index (κ3) is 3.54. The molecule has 0 N–H and O–H groups in total. The summed E-state index contributed by atoms with van der Waals surface area (Å²) in [5, 5.41) is 0. The molecule has 12 saturated carbocycles. The van der Waals surface area contributed by atoms with E-state index in [1.165, 1.54) is 0 Å². The maximum Gasteiger partial charge on any atom is -0.00975 e. The third-order valence-electron chi connectivity index (χ3n) is 21.1. The van der Waals surface area contributed by atoms with Crippen LogP contribution >= 0.6 is 0 Å². The van der Waals surface area contributed by atoms with Crippen molar-refractivity contribution in [1.82, 2.24) is 0 Å². The number of hydrogen-bond acceptors (Lipinski definition) is 0. The fraction of sp³-hybridized carbons (Fsp3) is 0.917. The number of rotatable bonds is 0. The second-order valence-corrected chi connectivity index (χ2v) is 21.8. The summed E-state index contributed by atoms with van der Waals surface area (Å²) in [5.41, 5.74) is 9.41. The van der Waals surface area contributed by atoms with Gasteiger partial charge in [-0.25, -0.2) is 0 Å². The van der Waals surface area contributed by atoms with Gasteiger partial charge in [0.2, 0.25) is 0 Å². The lowest BCUT2D eigenvalue weighted by molar-refractivity contribution is 0.0522. The van der Waals surface area contributed by atoms with Crippen LogP contribution in [-0.4, -0.2) is 0 Å². The molecule has 0 aromatic heterocycles. The quantitative estimate of drug-likeness (QED) is 0.230. The number of fused-ring (bicyclic) bond motifs is 14. The van der Waals surface area contributed by atoms with Crippen molar-refractivity contribution in [1.29, 1.82) is 0 Å². The molecule has 20 unspecified atom stereocenters. The maximum absolute atomic E-state index is 2.35. The first kappa shape index (κ1) is 29.0. The van der Waals surface area contributed by atoms with Gasteiger partial charge in [0.1, 0.15) is 0 Å². The average molecular weight is 645 g/mol. The molecule has 0 amide bonds. The van der Waals surface area contributed by atoms with Gasteiger partial charge in [-0.2, -0.15) is 0 Å². The van der Waals surface area contributed by atoms with E-state index < -0.39 is 0 Å². The molecule has 12 fully saturated rings. The van der Waals surface area contributed by atoms with E-state index in [9.17, 15) is 0 Å². The van der Waals surface area contributed by atoms with Crippen molar-refractivity contribution < 1.29 is 0 Å². The second kappa shape index (κ2) is 10.5. The Kier molecular flexibility index (Phi) is 6.37. The van der Waals surface area contributed by atoms with Gasteiger partial charge in [0, 0.05) is 0 Å². The van der Waals surface area contributed by atoms with Crippen LogP contribution in [0.25, 0.3) is 0 Å². The van der Waals surface area contributed by atoms with Crippen LogP contribution in [0.5, 0.6) is 0 Å². The first-order valence-corrected chi connectivity index (χ1v) is 23.3. The molecule has 0 nitrogen and oxygen atoms in total. The van der Waals surface area contributed by atoms with Gasteiger partial charge in [0.15, 0.2) is 0 Å². The lowest BCUT2D eigenvalue weighted by atomic mass is 9.59. The van der Waals surface area contributed by atoms with Gasteiger partial charge in [-0.05, 0) is 170 Å². The van der Waals surface area contributed by atoms with E-state index in [4.69, 9.17) is 0 Å². The van der Waals surface area contributed by atoms with E-state index in [0.717, 1.165) is 118 Å². The lowest BCUT2D eigenvalue weighted by Crippen LogP contribution is -2.38. The molecular formula is C48H68. The van der Waals surface area contributed by atoms with Crippen LogP contribution in [0.4, 0.5) is 0 Å². The minimum absolute atomic E-state index is 1.01. The molecule has 0 aliphatic heterocycles. The first-order chi connectivity index (χ1) is 23.9. The van der Waals surface area contributed by atoms with Crippen LogP contribution in [-0.2, 0) is 0 Å². The van der Waals surface area contributed by atoms with Crippen LogP contribution in [0.3, 0.4) is 0 Å². The van der Waals surface area contributed by atoms with E-state index in [0.29, 0.717) is 0 Å². The first-order valence-electron chi connectivity index (χ1n) is 23.3. The molecule has 0 aromatic rings. The van der Waals surface area contributed by atoms with Gasteiger partial charge in [-0.3, -0.25) is 0 Å². The minimum Gasteiger partial charge on any atom is -0.0630 e. The highest BCUT2D eigenvalue weighted by molar-refractivity contribution is 5.47. The lowest BCUT2D eigenvalue weighted by Gasteiger charge is -2.45. The number of allylic oxidation sites excluding steroid dienone is 4. The average Bonchev–Trinajstić information content (AvgIpc) is 3.83. The summed E-state index contributed by atoms with van der Waals surface area (Å²) in [6.45, 7) is 0. The molecule has 0 radical (unpaired) electrons. The predicted octanol–water partition coefficient (Wildman–Crippen LogP) is 12.4. The predicted molar refractivity (Wildman–Crippen MR) is 195 cm³/mol. The molecule has 0 spiro atoms. The van der Waals surface area contributed by atoms with Crippen molar-refractivity contribution >= 4 is 0 Å². The van der Waals surface area contributed by atoms with E-state index in [1.54, 1.807) is 154 Å². The van der Waals surface area contributed by atoms with Crippen LogP contribution in [0.1, 0.15) is 154 Å². The summed E-state index contributed by atoms with van der Waals surface area (Å²) >= 11 is 0. The zero-order valence-corrected chi connectivity index (χ0v) is 30.5. The Balaban J connectivity index is 1.12. The molecule has 0 heteroatoms. The summed E-state index contributed by atoms with van der Waals surface area (Å²) < 4.78 is 0. The van der Waals surface area contributed by atoms with Crippen molar-refractivity contribution in [2.75, 3.05) is 0 Å². The van der Waals surface area contributed by atoms with Gasteiger partial charge in [-0.15, -0.1) is 0 Å². The van der Waals surface area contributed by atoms with Crippen molar-refractivity contribution in [3.8, 4) is 0 Å². The van der Waals surface area contributed by atoms with Crippen molar-refractivity contribution in [3.05, 3.63) is 22.3 Å². The van der Waals surface area contributed by atoms with E-state index in [-0.39, 0.29) is 0 Å². The summed E-state index contributed by atoms with van der Waals surface area (Å²) in [6, 6.07) is 0. The standard InChI is InChI=1S/C48H68/c1-9-25-10-2-18-30-37(25)29(17-1)41-42(30)44-33-21-5-13-27-14-6-22-34(39(27)33)46(44)48-36-24-8-16-28-15-7-23-35(40(28)36)47(48)45-32-20-4-12-26-11-3-19-31(38(26)32)43(41)45/h25-41,43,46,48H,1-24H2/b44-42-,47-45-. The Morgan fingerprint density at radius 3 is 0.667 bits per heavy atom. The van der Waals surface area contributed by atoms with E-state index in [1.807, 2.05) is 0 Å². The van der Waals surface area contributed by atoms with Crippen LogP contribution in [0.15, 0.2) is 22.3 Å². The van der Waals surface area contributed by atoms with Gasteiger partial charge in [0.25, 0.3) is 0 Å². The fourth-order valence-electron chi connectivity index (χ4n) is 20.9. The highest BCUT2D eigenvalue weighted by atomic mass is 14.7. The summed E-state index contributed by atoms with van der Waals surface area (Å²) in [6.07, 6.45) is 38.6. The molecule has 0 bridgehead atoms. The summed E-state index contributed by atoms with van der Waals surface area (Å²) in [5.74, 6) is 21.3. The summed E-state index contributed by atoms with van der Waals surface area (Å²) in [7, 11) is 0. The molecule has 20 atom stereocenters. The van der Waals surface area contributed by atoms with Gasteiger partial charge in [0.05, 0.1) is 0 Å². The Morgan fingerprint density at radius 2 is 0.438 bits per heavy atom. The molecule has 13 rings (SSSR count). The second-order valence-electron chi connectivity index (χ2n) is 21.8. The van der Waals surface area contributed by atoms with E-state index in [2.05, 4.69) is 22.3 Å². The maximum atomic E-state index is 2.35. The van der Waals surface area contributed by atoms with Crippen molar-refractivity contribution in [2.45, 2.75) is 154 Å². The molecule has 13 aliphatic carbocycles. The highest BCUT2D eigenvalue weighted by Gasteiger charge is 2.69. The minimum atomic E-state index is 1.01. The molecule has 260 valence electrons. The molecule has 0 saturated heterocycles. The Morgan fingerprint density at radius 1 is 0.229 bits per heavy atom. The molecular weight excluding hydrogens is 577 g/mol. The SMILES string of the molecule is C1CC2CCCC3C4/C(=C5/C6CCCC7CCCC(C5C5/C(=C8/C9CCCC%10CCCC(C84)C%109)C4CCCC8CCCC5C84)C76)C(C1)C23. The van der Waals surface area contributed by atoms with Crippen LogP contribution in [0, 0.1) is 118 Å². The topological polar surface area (TPSA) is 0 Å². The molecule has 0 heterocycles. The Labute approximate surface area is 293 Å². The van der Waals surface area contributed by atoms with Crippen molar-refractivity contribution in [2.24, 2.45) is 118 Å². The van der Waals surface area contributed by atoms with E-state index >= 15 is 0 Å². The monoisotopic (exact) mass is 645 g/mol. The Hall–Kier alpha value is -0.520. The van der Waals surface area contributed by atoms with Crippen molar-refractivity contribution in [3.63, 3.8) is 0 Å². The van der Waals surface area contributed by atoms with Crippen LogP contribution < -0.4 is 0 Å². The van der Waals surface area contributed by atoms with Gasteiger partial charge < -0.3 is 0 Å². The smallest absolute Gasteiger partial charge is 0.00975 e.